The molecule has 0 aromatic carbocycles. The first-order chi connectivity index (χ1) is 5.81. The van der Waals surface area contributed by atoms with Gasteiger partial charge in [0.15, 0.2) is 0 Å². The molecule has 0 aliphatic carbocycles. The van der Waals surface area contributed by atoms with E-state index in [-0.39, 0.29) is 5.97 Å². The normalized spacial score (nSPS) is 8.50. The SMILES string of the molecule is CCOC(=O)CCCC#CCBr. The molecule has 0 unspecified atom stereocenters. The van der Waals surface area contributed by atoms with E-state index in [0.717, 1.165) is 12.8 Å². The Labute approximate surface area is 81.8 Å². The van der Waals surface area contributed by atoms with Gasteiger partial charge in [0.1, 0.15) is 0 Å². The third-order valence-corrected chi connectivity index (χ3v) is 1.46. The van der Waals surface area contributed by atoms with Crippen LogP contribution in [-0.2, 0) is 9.53 Å². The Kier molecular flexibility index (Phi) is 8.25. The van der Waals surface area contributed by atoms with Crippen LogP contribution in [0, 0.1) is 11.8 Å². The third-order valence-electron chi connectivity index (χ3n) is 1.18. The monoisotopic (exact) mass is 232 g/mol. The van der Waals surface area contributed by atoms with Crippen molar-refractivity contribution in [3.05, 3.63) is 0 Å². The fourth-order valence-electron chi connectivity index (χ4n) is 0.690. The second-order valence-electron chi connectivity index (χ2n) is 2.15. The van der Waals surface area contributed by atoms with E-state index in [1.165, 1.54) is 0 Å². The topological polar surface area (TPSA) is 26.3 Å². The number of rotatable bonds is 4. The van der Waals surface area contributed by atoms with Gasteiger partial charge in [-0.1, -0.05) is 21.9 Å². The summed E-state index contributed by atoms with van der Waals surface area (Å²) in [5, 5.41) is 0.701. The summed E-state index contributed by atoms with van der Waals surface area (Å²) in [5.74, 6) is 5.67. The highest BCUT2D eigenvalue weighted by molar-refractivity contribution is 9.09. The predicted molar refractivity (Wildman–Crippen MR) is 52.1 cm³/mol. The van der Waals surface area contributed by atoms with Crippen molar-refractivity contribution < 1.29 is 9.53 Å². The second-order valence-corrected chi connectivity index (χ2v) is 2.71. The number of ether oxygens (including phenoxy) is 1. The van der Waals surface area contributed by atoms with E-state index < -0.39 is 0 Å². The summed E-state index contributed by atoms with van der Waals surface area (Å²) in [6.45, 7) is 2.27. The molecular weight excluding hydrogens is 220 g/mol. The van der Waals surface area contributed by atoms with Gasteiger partial charge in [-0.3, -0.25) is 4.79 Å². The maximum atomic E-state index is 10.8. The molecule has 0 aromatic heterocycles. The molecule has 0 rings (SSSR count). The quantitative estimate of drug-likeness (QED) is 0.322. The molecule has 0 aliphatic rings. The van der Waals surface area contributed by atoms with Gasteiger partial charge >= 0.3 is 5.97 Å². The molecule has 12 heavy (non-hydrogen) atoms. The molecular formula is C9H13BrO2. The van der Waals surface area contributed by atoms with Gasteiger partial charge in [-0.25, -0.2) is 0 Å². The number of hydrogen-bond donors (Lipinski definition) is 0. The third kappa shape index (κ3) is 7.62. The van der Waals surface area contributed by atoms with E-state index in [1.807, 2.05) is 6.92 Å². The molecule has 3 heteroatoms. The van der Waals surface area contributed by atoms with Crippen molar-refractivity contribution in [2.24, 2.45) is 0 Å². The molecule has 0 radical (unpaired) electrons. The molecule has 0 fully saturated rings. The van der Waals surface area contributed by atoms with Gasteiger partial charge in [0, 0.05) is 12.8 Å². The summed E-state index contributed by atoms with van der Waals surface area (Å²) in [5.41, 5.74) is 0. The second kappa shape index (κ2) is 8.61. The fourth-order valence-corrected chi connectivity index (χ4v) is 0.888. The van der Waals surface area contributed by atoms with E-state index in [9.17, 15) is 4.79 Å². The van der Waals surface area contributed by atoms with Gasteiger partial charge in [-0.2, -0.15) is 0 Å². The number of carbonyl (C=O) groups is 1. The Balaban J connectivity index is 3.25. The first-order valence-electron chi connectivity index (χ1n) is 3.98. The Morgan fingerprint density at radius 1 is 1.50 bits per heavy atom. The van der Waals surface area contributed by atoms with E-state index in [2.05, 4.69) is 27.8 Å². The van der Waals surface area contributed by atoms with Crippen molar-refractivity contribution >= 4 is 21.9 Å². The molecule has 2 nitrogen and oxygen atoms in total. The minimum absolute atomic E-state index is 0.127. The molecule has 0 saturated heterocycles. The van der Waals surface area contributed by atoms with E-state index >= 15 is 0 Å². The van der Waals surface area contributed by atoms with E-state index in [0.29, 0.717) is 18.4 Å². The summed E-state index contributed by atoms with van der Waals surface area (Å²) < 4.78 is 4.75. The number of esters is 1. The van der Waals surface area contributed by atoms with E-state index in [1.54, 1.807) is 0 Å². The van der Waals surface area contributed by atoms with Crippen LogP contribution in [0.3, 0.4) is 0 Å². The van der Waals surface area contributed by atoms with Crippen molar-refractivity contribution in [2.45, 2.75) is 26.2 Å². The highest BCUT2D eigenvalue weighted by atomic mass is 79.9. The lowest BCUT2D eigenvalue weighted by molar-refractivity contribution is -0.143. The minimum Gasteiger partial charge on any atom is -0.466 e. The highest BCUT2D eigenvalue weighted by Crippen LogP contribution is 1.96. The Bertz CT molecular complexity index is 179. The van der Waals surface area contributed by atoms with Crippen molar-refractivity contribution in [3.8, 4) is 11.8 Å². The molecule has 0 spiro atoms. The van der Waals surface area contributed by atoms with E-state index in [4.69, 9.17) is 4.74 Å². The molecule has 0 atom stereocenters. The molecule has 0 aliphatic heterocycles. The van der Waals surface area contributed by atoms with Crippen LogP contribution in [-0.4, -0.2) is 17.9 Å². The number of alkyl halides is 1. The maximum absolute atomic E-state index is 10.8. The van der Waals surface area contributed by atoms with Gasteiger partial charge in [0.05, 0.1) is 11.9 Å². The standard InChI is InChI=1S/C9H13BrO2/c1-2-12-9(11)7-5-3-4-6-8-10/h2-3,5,7-8H2,1H3. The lowest BCUT2D eigenvalue weighted by Gasteiger charge is -1.98. The molecule has 0 bridgehead atoms. The average molecular weight is 233 g/mol. The van der Waals surface area contributed by atoms with Crippen LogP contribution in [0.25, 0.3) is 0 Å². The molecule has 0 saturated carbocycles. The van der Waals surface area contributed by atoms with Crippen molar-refractivity contribution in [3.63, 3.8) is 0 Å². The zero-order chi connectivity index (χ0) is 9.23. The molecule has 68 valence electrons. The summed E-state index contributed by atoms with van der Waals surface area (Å²) in [4.78, 5) is 10.8. The number of hydrogen-bond acceptors (Lipinski definition) is 2. The lowest BCUT2D eigenvalue weighted by atomic mass is 10.2. The molecule has 0 aromatic rings. The average Bonchev–Trinajstić information content (AvgIpc) is 2.05. The predicted octanol–water partition coefficient (Wildman–Crippen LogP) is 2.12. The van der Waals surface area contributed by atoms with Crippen LogP contribution < -0.4 is 0 Å². The zero-order valence-corrected chi connectivity index (χ0v) is 8.82. The van der Waals surface area contributed by atoms with Crippen molar-refractivity contribution in [2.75, 3.05) is 11.9 Å². The van der Waals surface area contributed by atoms with Crippen molar-refractivity contribution in [1.29, 1.82) is 0 Å². The Hall–Kier alpha value is -0.490. The Morgan fingerprint density at radius 3 is 2.83 bits per heavy atom. The lowest BCUT2D eigenvalue weighted by Crippen LogP contribution is -2.02. The molecule has 0 amide bonds. The Morgan fingerprint density at radius 2 is 2.25 bits per heavy atom. The largest absolute Gasteiger partial charge is 0.466 e. The summed E-state index contributed by atoms with van der Waals surface area (Å²) in [6, 6.07) is 0. The van der Waals surface area contributed by atoms with Crippen LogP contribution in [0.15, 0.2) is 0 Å². The summed E-state index contributed by atoms with van der Waals surface area (Å²) >= 11 is 3.19. The first-order valence-corrected chi connectivity index (χ1v) is 5.10. The van der Waals surface area contributed by atoms with Crippen LogP contribution in [0.5, 0.6) is 0 Å². The fraction of sp³-hybridized carbons (Fsp3) is 0.667. The van der Waals surface area contributed by atoms with Gasteiger partial charge in [0.25, 0.3) is 0 Å². The van der Waals surface area contributed by atoms with Crippen LogP contribution in [0.4, 0.5) is 0 Å². The van der Waals surface area contributed by atoms with Crippen LogP contribution in [0.2, 0.25) is 0 Å². The maximum Gasteiger partial charge on any atom is 0.305 e. The number of carbonyl (C=O) groups excluding carboxylic acids is 1. The minimum atomic E-state index is -0.127. The van der Waals surface area contributed by atoms with Crippen LogP contribution >= 0.6 is 15.9 Å². The van der Waals surface area contributed by atoms with Gasteiger partial charge in [0.2, 0.25) is 0 Å². The molecule has 0 N–H and O–H groups in total. The number of halogens is 1. The zero-order valence-electron chi connectivity index (χ0n) is 7.23. The van der Waals surface area contributed by atoms with Gasteiger partial charge < -0.3 is 4.74 Å². The van der Waals surface area contributed by atoms with Crippen LogP contribution in [0.1, 0.15) is 26.2 Å². The molecule has 0 heterocycles. The van der Waals surface area contributed by atoms with Gasteiger partial charge in [-0.05, 0) is 13.3 Å². The number of unbranched alkanes of at least 4 members (excludes halogenated alkanes) is 1. The smallest absolute Gasteiger partial charge is 0.305 e. The highest BCUT2D eigenvalue weighted by Gasteiger charge is 1.98. The summed E-state index contributed by atoms with van der Waals surface area (Å²) in [6.07, 6.45) is 2.04. The van der Waals surface area contributed by atoms with Crippen molar-refractivity contribution in [1.82, 2.24) is 0 Å². The first kappa shape index (κ1) is 11.5. The summed E-state index contributed by atoms with van der Waals surface area (Å²) in [7, 11) is 0. The van der Waals surface area contributed by atoms with Gasteiger partial charge in [-0.15, -0.1) is 5.92 Å².